The van der Waals surface area contributed by atoms with E-state index in [1.54, 1.807) is 24.3 Å². The van der Waals surface area contributed by atoms with E-state index in [1.807, 2.05) is 19.1 Å². The lowest BCUT2D eigenvalue weighted by molar-refractivity contribution is 0.102. The molecule has 4 rings (SSSR count). The Labute approximate surface area is 144 Å². The van der Waals surface area contributed by atoms with E-state index in [9.17, 15) is 9.59 Å². The number of hydrogen-bond donors (Lipinski definition) is 3. The van der Waals surface area contributed by atoms with E-state index in [0.29, 0.717) is 11.6 Å². The monoisotopic (exact) mass is 355 g/mol. The van der Waals surface area contributed by atoms with Gasteiger partial charge in [-0.3, -0.25) is 14.7 Å². The van der Waals surface area contributed by atoms with Crippen LogP contribution in [0.1, 0.15) is 21.0 Å². The normalized spacial score (nSPS) is 11.1. The van der Waals surface area contributed by atoms with Crippen LogP contribution < -0.4 is 10.9 Å². The van der Waals surface area contributed by atoms with Gasteiger partial charge in [0.2, 0.25) is 5.71 Å². The second-order valence-corrected chi connectivity index (χ2v) is 6.76. The highest BCUT2D eigenvalue weighted by Crippen LogP contribution is 2.28. The zero-order valence-electron chi connectivity index (χ0n) is 13.3. The highest BCUT2D eigenvalue weighted by Gasteiger charge is 2.22. The maximum absolute atomic E-state index is 12.6. The topological polar surface area (TPSA) is 117 Å². The molecule has 0 unspecified atom stereocenters. The molecule has 0 atom stereocenters. The van der Waals surface area contributed by atoms with E-state index < -0.39 is 11.5 Å². The van der Waals surface area contributed by atoms with Crippen LogP contribution in [0.25, 0.3) is 21.7 Å². The number of rotatable bonds is 3. The molecule has 1 amide bonds. The number of carbonyl (C=O) groups excluding carboxylic acids is 1. The highest BCUT2D eigenvalue weighted by molar-refractivity contribution is 7.15. The first-order valence-corrected chi connectivity index (χ1v) is 8.25. The molecular weight excluding hydrogens is 342 g/mol. The van der Waals surface area contributed by atoms with Gasteiger partial charge in [0.1, 0.15) is 11.1 Å². The number of thiophene rings is 1. The molecular formula is C16H13N5O3S. The maximum Gasteiger partial charge on any atom is 0.262 e. The van der Waals surface area contributed by atoms with Crippen LogP contribution in [0.5, 0.6) is 0 Å². The van der Waals surface area contributed by atoms with Crippen LogP contribution >= 0.6 is 11.3 Å². The number of amides is 1. The van der Waals surface area contributed by atoms with E-state index in [4.69, 9.17) is 4.42 Å². The second kappa shape index (κ2) is 5.71. The van der Waals surface area contributed by atoms with Crippen molar-refractivity contribution in [1.82, 2.24) is 20.2 Å². The molecule has 25 heavy (non-hydrogen) atoms. The Kier molecular flexibility index (Phi) is 3.50. The zero-order valence-corrected chi connectivity index (χ0v) is 14.2. The van der Waals surface area contributed by atoms with Crippen molar-refractivity contribution < 1.29 is 9.21 Å². The number of hydrogen-bond acceptors (Lipinski definition) is 6. The first-order valence-electron chi connectivity index (χ1n) is 7.43. The van der Waals surface area contributed by atoms with E-state index in [1.165, 1.54) is 11.2 Å². The lowest BCUT2D eigenvalue weighted by atomic mass is 10.2. The molecule has 0 bridgehead atoms. The summed E-state index contributed by atoms with van der Waals surface area (Å²) < 4.78 is 5.40. The Bertz CT molecular complexity index is 1150. The molecule has 0 saturated heterocycles. The number of aromatic amines is 2. The Balaban J connectivity index is 1.66. The summed E-state index contributed by atoms with van der Waals surface area (Å²) in [5.74, 6) is 0.205. The lowest BCUT2D eigenvalue weighted by Gasteiger charge is -2.00. The van der Waals surface area contributed by atoms with Crippen molar-refractivity contribution in [2.24, 2.45) is 0 Å². The summed E-state index contributed by atoms with van der Waals surface area (Å²) in [5, 5.41) is 9.80. The molecule has 8 nitrogen and oxygen atoms in total. The summed E-state index contributed by atoms with van der Waals surface area (Å²) >= 11 is 1.62. The van der Waals surface area contributed by atoms with Gasteiger partial charge < -0.3 is 14.7 Å². The van der Waals surface area contributed by atoms with Gasteiger partial charge in [-0.25, -0.2) is 4.98 Å². The zero-order chi connectivity index (χ0) is 17.6. The number of carbonyl (C=O) groups is 1. The molecule has 0 spiro atoms. The number of anilines is 1. The number of aromatic nitrogens is 4. The van der Waals surface area contributed by atoms with Gasteiger partial charge in [0.15, 0.2) is 5.82 Å². The Morgan fingerprint density at radius 3 is 2.92 bits per heavy atom. The average Bonchev–Trinajstić information content (AvgIpc) is 3.26. The minimum Gasteiger partial charge on any atom is -0.442 e. The summed E-state index contributed by atoms with van der Waals surface area (Å²) in [6, 6.07) is 5.74. The van der Waals surface area contributed by atoms with Crippen LogP contribution in [0.4, 0.5) is 5.82 Å². The van der Waals surface area contributed by atoms with E-state index in [0.717, 1.165) is 10.6 Å². The number of nitrogens with one attached hydrogen (secondary N) is 3. The van der Waals surface area contributed by atoms with Crippen LogP contribution in [0, 0.1) is 13.8 Å². The van der Waals surface area contributed by atoms with Gasteiger partial charge in [-0.15, -0.1) is 11.3 Å². The second-order valence-electron chi connectivity index (χ2n) is 5.48. The van der Waals surface area contributed by atoms with Crippen molar-refractivity contribution in [3.05, 3.63) is 51.1 Å². The third kappa shape index (κ3) is 2.64. The van der Waals surface area contributed by atoms with Crippen molar-refractivity contribution in [2.75, 3.05) is 5.32 Å². The largest absolute Gasteiger partial charge is 0.442 e. The van der Waals surface area contributed by atoms with Crippen molar-refractivity contribution in [1.29, 1.82) is 0 Å². The molecule has 0 aliphatic rings. The summed E-state index contributed by atoms with van der Waals surface area (Å²) in [4.78, 5) is 33.2. The third-order valence-corrected chi connectivity index (χ3v) is 4.76. The number of furan rings is 1. The first kappa shape index (κ1) is 15.3. The Morgan fingerprint density at radius 2 is 2.16 bits per heavy atom. The number of fused-ring (bicyclic) bond motifs is 1. The third-order valence-electron chi connectivity index (χ3n) is 3.72. The molecule has 0 radical (unpaired) electrons. The van der Waals surface area contributed by atoms with Crippen LogP contribution in [-0.2, 0) is 0 Å². The Hall–Kier alpha value is -3.20. The van der Waals surface area contributed by atoms with Crippen LogP contribution in [0.2, 0.25) is 0 Å². The predicted molar refractivity (Wildman–Crippen MR) is 94.0 cm³/mol. The van der Waals surface area contributed by atoms with Crippen molar-refractivity contribution in [3.8, 4) is 10.6 Å². The van der Waals surface area contributed by atoms with Crippen molar-refractivity contribution >= 4 is 34.2 Å². The molecule has 0 aromatic carbocycles. The molecule has 126 valence electrons. The number of nitrogens with zero attached hydrogens (tertiary/aromatic N) is 2. The fourth-order valence-electron chi connectivity index (χ4n) is 2.60. The minimum atomic E-state index is -0.477. The van der Waals surface area contributed by atoms with Gasteiger partial charge in [0, 0.05) is 10.9 Å². The van der Waals surface area contributed by atoms with Gasteiger partial charge in [-0.2, -0.15) is 5.10 Å². The lowest BCUT2D eigenvalue weighted by Crippen LogP contribution is -2.16. The summed E-state index contributed by atoms with van der Waals surface area (Å²) in [6.07, 6.45) is 1.23. The van der Waals surface area contributed by atoms with Crippen molar-refractivity contribution in [2.45, 2.75) is 13.8 Å². The molecule has 4 aromatic rings. The first-order chi connectivity index (χ1) is 12.0. The Morgan fingerprint density at radius 1 is 1.32 bits per heavy atom. The molecule has 4 heterocycles. The number of H-pyrrole nitrogens is 2. The van der Waals surface area contributed by atoms with Crippen LogP contribution in [0.3, 0.4) is 0 Å². The summed E-state index contributed by atoms with van der Waals surface area (Å²) in [6.45, 7) is 3.63. The molecule has 0 aliphatic carbocycles. The quantitative estimate of drug-likeness (QED) is 0.522. The maximum atomic E-state index is 12.6. The van der Waals surface area contributed by atoms with Gasteiger partial charge in [-0.05, 0) is 26.0 Å². The molecule has 4 aromatic heterocycles. The van der Waals surface area contributed by atoms with Gasteiger partial charge in [0.05, 0.1) is 22.5 Å². The highest BCUT2D eigenvalue weighted by atomic mass is 32.1. The average molecular weight is 355 g/mol. The summed E-state index contributed by atoms with van der Waals surface area (Å²) in [7, 11) is 0. The van der Waals surface area contributed by atoms with Gasteiger partial charge >= 0.3 is 0 Å². The molecule has 0 saturated carbocycles. The van der Waals surface area contributed by atoms with Crippen LogP contribution in [0.15, 0.2) is 33.7 Å². The van der Waals surface area contributed by atoms with Crippen molar-refractivity contribution in [3.63, 3.8) is 0 Å². The smallest absolute Gasteiger partial charge is 0.262 e. The molecule has 0 aliphatic heterocycles. The van der Waals surface area contributed by atoms with Gasteiger partial charge in [0.25, 0.3) is 11.5 Å². The molecule has 3 N–H and O–H groups in total. The molecule has 0 fully saturated rings. The van der Waals surface area contributed by atoms with E-state index >= 15 is 0 Å². The van der Waals surface area contributed by atoms with E-state index in [2.05, 4.69) is 25.5 Å². The van der Waals surface area contributed by atoms with Gasteiger partial charge in [-0.1, -0.05) is 0 Å². The molecule has 9 heteroatoms. The predicted octanol–water partition coefficient (Wildman–Crippen LogP) is 2.84. The fourth-order valence-corrected chi connectivity index (χ4v) is 3.43. The fraction of sp³-hybridized carbons (Fsp3) is 0.125. The van der Waals surface area contributed by atoms with E-state index in [-0.39, 0.29) is 16.7 Å². The standard InChI is InChI=1S/C16H13N5O3S/c1-7-3-4-10(25-7)9-5-11(21-20-9)19-15(23)12-8(2)24-16-13(12)14(22)17-6-18-16/h3-6H,1-2H3,(H,17,18,22)(H2,19,20,21,23). The number of aryl methyl sites for hydroxylation is 2. The minimum absolute atomic E-state index is 0.127. The van der Waals surface area contributed by atoms with Crippen LogP contribution in [-0.4, -0.2) is 26.1 Å². The summed E-state index contributed by atoms with van der Waals surface area (Å²) in [5.41, 5.74) is 0.662. The SMILES string of the molecule is Cc1ccc(-c2cc(NC(=O)c3c(C)oc4nc[nH]c(=O)c34)n[nH]2)s1.